The van der Waals surface area contributed by atoms with E-state index in [4.69, 9.17) is 0 Å². The maximum Gasteiger partial charge on any atom is 0.240 e. The number of hydrogen-bond donors (Lipinski definition) is 2. The average Bonchev–Trinajstić information content (AvgIpc) is 2.94. The molecule has 1 atom stereocenters. The van der Waals surface area contributed by atoms with Gasteiger partial charge in [0.05, 0.1) is 18.2 Å². The molecule has 0 spiro atoms. The zero-order valence-corrected chi connectivity index (χ0v) is 16.7. The molecule has 3 rings (SSSR count). The van der Waals surface area contributed by atoms with Crippen LogP contribution in [0.1, 0.15) is 29.0 Å². The third-order valence-corrected chi connectivity index (χ3v) is 5.67. The number of aromatic nitrogens is 2. The number of amides is 2. The molecule has 1 fully saturated rings. The average molecular weight is 388 g/mol. The first-order chi connectivity index (χ1) is 12.9. The second-order valence-corrected chi connectivity index (χ2v) is 8.20. The van der Waals surface area contributed by atoms with Gasteiger partial charge in [0.2, 0.25) is 11.8 Å². The number of anilines is 2. The first kappa shape index (κ1) is 19.4. The Balaban J connectivity index is 1.51. The third-order valence-electron chi connectivity index (χ3n) is 4.68. The molecular formula is C19H25N5O2S. The van der Waals surface area contributed by atoms with Crippen LogP contribution in [-0.4, -0.2) is 46.3 Å². The second kappa shape index (κ2) is 8.58. The molecule has 144 valence electrons. The topological polar surface area (TPSA) is 87.2 Å². The van der Waals surface area contributed by atoms with Gasteiger partial charge < -0.3 is 10.6 Å². The van der Waals surface area contributed by atoms with Crippen molar-refractivity contribution < 1.29 is 9.59 Å². The highest BCUT2D eigenvalue weighted by Crippen LogP contribution is 2.22. The maximum absolute atomic E-state index is 12.5. The minimum absolute atomic E-state index is 0.0392. The number of aryl methyl sites for hydroxylation is 3. The molecule has 2 aromatic heterocycles. The normalized spacial score (nSPS) is 17.5. The number of hydrogen-bond acceptors (Lipinski definition) is 6. The van der Waals surface area contributed by atoms with Crippen LogP contribution >= 0.6 is 11.3 Å². The molecule has 1 unspecified atom stereocenters. The number of carbonyl (C=O) groups is 2. The van der Waals surface area contributed by atoms with Gasteiger partial charge in [-0.05, 0) is 51.8 Å². The largest absolute Gasteiger partial charge is 0.310 e. The molecule has 2 aromatic rings. The van der Waals surface area contributed by atoms with Crippen LogP contribution < -0.4 is 10.6 Å². The Morgan fingerprint density at radius 3 is 2.74 bits per heavy atom. The van der Waals surface area contributed by atoms with Crippen molar-refractivity contribution in [2.24, 2.45) is 5.92 Å². The van der Waals surface area contributed by atoms with Gasteiger partial charge in [-0.3, -0.25) is 14.5 Å². The highest BCUT2D eigenvalue weighted by atomic mass is 32.1. The van der Waals surface area contributed by atoms with Gasteiger partial charge in [0.1, 0.15) is 5.82 Å². The first-order valence-electron chi connectivity index (χ1n) is 9.10. The lowest BCUT2D eigenvalue weighted by Gasteiger charge is -2.31. The van der Waals surface area contributed by atoms with E-state index in [1.807, 2.05) is 31.7 Å². The monoisotopic (exact) mass is 387 g/mol. The molecule has 7 nitrogen and oxygen atoms in total. The number of nitrogens with zero attached hydrogens (tertiary/aromatic N) is 3. The molecule has 1 aliphatic heterocycles. The summed E-state index contributed by atoms with van der Waals surface area (Å²) in [6, 6.07) is 3.72. The van der Waals surface area contributed by atoms with Crippen molar-refractivity contribution in [2.45, 2.75) is 33.6 Å². The predicted molar refractivity (Wildman–Crippen MR) is 107 cm³/mol. The Labute approximate surface area is 163 Å². The summed E-state index contributed by atoms with van der Waals surface area (Å²) in [5.74, 6) is 0.293. The van der Waals surface area contributed by atoms with Gasteiger partial charge in [-0.15, -0.1) is 11.3 Å². The number of likely N-dealkylation sites (tertiary alicyclic amines) is 1. The Bertz CT molecular complexity index is 799. The van der Waals surface area contributed by atoms with Crippen LogP contribution in [0.4, 0.5) is 10.9 Å². The number of pyridine rings is 1. The minimum Gasteiger partial charge on any atom is -0.310 e. The number of piperidine rings is 1. The summed E-state index contributed by atoms with van der Waals surface area (Å²) < 4.78 is 0. The van der Waals surface area contributed by atoms with Gasteiger partial charge >= 0.3 is 0 Å². The van der Waals surface area contributed by atoms with Crippen LogP contribution in [-0.2, 0) is 9.59 Å². The Morgan fingerprint density at radius 1 is 1.26 bits per heavy atom. The van der Waals surface area contributed by atoms with Gasteiger partial charge in [0, 0.05) is 17.6 Å². The van der Waals surface area contributed by atoms with Crippen molar-refractivity contribution in [3.8, 4) is 0 Å². The minimum atomic E-state index is -0.140. The van der Waals surface area contributed by atoms with Crippen LogP contribution in [0.2, 0.25) is 0 Å². The fourth-order valence-electron chi connectivity index (χ4n) is 3.07. The summed E-state index contributed by atoms with van der Waals surface area (Å²) in [5, 5.41) is 6.36. The van der Waals surface area contributed by atoms with Gasteiger partial charge in [-0.2, -0.15) is 0 Å². The van der Waals surface area contributed by atoms with Crippen molar-refractivity contribution in [2.75, 3.05) is 30.3 Å². The van der Waals surface area contributed by atoms with Gasteiger partial charge in [-0.25, -0.2) is 9.97 Å². The Kier molecular flexibility index (Phi) is 6.18. The fraction of sp³-hybridized carbons (Fsp3) is 0.474. The summed E-state index contributed by atoms with van der Waals surface area (Å²) in [6.07, 6.45) is 3.44. The van der Waals surface area contributed by atoms with Gasteiger partial charge in [-0.1, -0.05) is 6.07 Å². The second-order valence-electron chi connectivity index (χ2n) is 6.99. The molecular weight excluding hydrogens is 362 g/mol. The number of thiazole rings is 1. The van der Waals surface area contributed by atoms with Crippen LogP contribution in [0.3, 0.4) is 0 Å². The highest BCUT2D eigenvalue weighted by molar-refractivity contribution is 7.15. The first-order valence-corrected chi connectivity index (χ1v) is 9.92. The molecule has 0 aliphatic carbocycles. The summed E-state index contributed by atoms with van der Waals surface area (Å²) in [4.78, 5) is 36.5. The standard InChI is InChI=1S/C19H25N5O2S/c1-12-6-7-16(20-9-12)22-18(26)15-5-4-8-24(10-15)11-17(25)23-19-21-13(2)14(3)27-19/h6-7,9,15H,4-5,8,10-11H2,1-3H3,(H,20,22,26)(H,21,23,25). The van der Waals surface area contributed by atoms with Crippen molar-refractivity contribution in [1.29, 1.82) is 0 Å². The molecule has 0 bridgehead atoms. The van der Waals surface area contributed by atoms with Crippen molar-refractivity contribution >= 4 is 34.1 Å². The van der Waals surface area contributed by atoms with E-state index in [0.717, 1.165) is 35.5 Å². The van der Waals surface area contributed by atoms with Gasteiger partial charge in [0.25, 0.3) is 0 Å². The molecule has 0 aromatic carbocycles. The van der Waals surface area contributed by atoms with Crippen LogP contribution in [0, 0.1) is 26.7 Å². The molecule has 27 heavy (non-hydrogen) atoms. The summed E-state index contributed by atoms with van der Waals surface area (Å²) in [7, 11) is 0. The van der Waals surface area contributed by atoms with E-state index < -0.39 is 0 Å². The summed E-state index contributed by atoms with van der Waals surface area (Å²) in [6.45, 7) is 7.52. The van der Waals surface area contributed by atoms with E-state index >= 15 is 0 Å². The van der Waals surface area contributed by atoms with Crippen molar-refractivity contribution in [1.82, 2.24) is 14.9 Å². The van der Waals surface area contributed by atoms with Crippen LogP contribution in [0.25, 0.3) is 0 Å². The molecule has 3 heterocycles. The SMILES string of the molecule is Cc1ccc(NC(=O)C2CCCN(CC(=O)Nc3nc(C)c(C)s3)C2)nc1. The Hall–Kier alpha value is -2.32. The highest BCUT2D eigenvalue weighted by Gasteiger charge is 2.27. The van der Waals surface area contributed by atoms with E-state index in [2.05, 4.69) is 20.6 Å². The van der Waals surface area contributed by atoms with Gasteiger partial charge in [0.15, 0.2) is 5.13 Å². The number of rotatable bonds is 5. The molecule has 0 radical (unpaired) electrons. The van der Waals surface area contributed by atoms with Crippen LogP contribution in [0.5, 0.6) is 0 Å². The summed E-state index contributed by atoms with van der Waals surface area (Å²) in [5.41, 5.74) is 1.99. The quantitative estimate of drug-likeness (QED) is 0.824. The zero-order valence-electron chi connectivity index (χ0n) is 15.9. The molecule has 2 amide bonds. The number of nitrogens with one attached hydrogen (secondary N) is 2. The van der Waals surface area contributed by atoms with Crippen molar-refractivity contribution in [3.63, 3.8) is 0 Å². The lowest BCUT2D eigenvalue weighted by atomic mass is 9.97. The molecule has 1 aliphatic rings. The smallest absolute Gasteiger partial charge is 0.240 e. The van der Waals surface area contributed by atoms with Crippen LogP contribution in [0.15, 0.2) is 18.3 Å². The predicted octanol–water partition coefficient (Wildman–Crippen LogP) is 2.75. The summed E-state index contributed by atoms with van der Waals surface area (Å²) >= 11 is 1.48. The van der Waals surface area contributed by atoms with E-state index in [9.17, 15) is 9.59 Å². The maximum atomic E-state index is 12.5. The van der Waals surface area contributed by atoms with E-state index in [0.29, 0.717) is 17.5 Å². The number of carbonyl (C=O) groups excluding carboxylic acids is 2. The fourth-order valence-corrected chi connectivity index (χ4v) is 3.90. The third kappa shape index (κ3) is 5.33. The molecule has 0 saturated carbocycles. The van der Waals surface area contributed by atoms with E-state index in [1.54, 1.807) is 12.3 Å². The molecule has 8 heteroatoms. The van der Waals surface area contributed by atoms with E-state index in [-0.39, 0.29) is 24.3 Å². The zero-order chi connectivity index (χ0) is 19.4. The molecule has 1 saturated heterocycles. The lowest BCUT2D eigenvalue weighted by molar-refractivity contribution is -0.123. The Morgan fingerprint density at radius 2 is 2.07 bits per heavy atom. The molecule has 2 N–H and O–H groups in total. The lowest BCUT2D eigenvalue weighted by Crippen LogP contribution is -2.44. The van der Waals surface area contributed by atoms with Crippen molar-refractivity contribution in [3.05, 3.63) is 34.5 Å². The van der Waals surface area contributed by atoms with E-state index in [1.165, 1.54) is 11.3 Å².